The van der Waals surface area contributed by atoms with Gasteiger partial charge in [-0.3, -0.25) is 0 Å². The molecule has 2 rings (SSSR count). The second-order valence-corrected chi connectivity index (χ2v) is 4.55. The van der Waals surface area contributed by atoms with Gasteiger partial charge in [0.2, 0.25) is 0 Å². The predicted molar refractivity (Wildman–Crippen MR) is 66.5 cm³/mol. The molecule has 1 aliphatic rings. The van der Waals surface area contributed by atoms with Gasteiger partial charge in [0.05, 0.1) is 6.10 Å². The van der Waals surface area contributed by atoms with E-state index < -0.39 is 0 Å². The van der Waals surface area contributed by atoms with E-state index in [2.05, 4.69) is 36.5 Å². The van der Waals surface area contributed by atoms with Gasteiger partial charge in [-0.2, -0.15) is 0 Å². The van der Waals surface area contributed by atoms with Gasteiger partial charge < -0.3 is 10.1 Å². The van der Waals surface area contributed by atoms with E-state index in [1.165, 1.54) is 30.4 Å². The van der Waals surface area contributed by atoms with Crippen molar-refractivity contribution in [3.8, 4) is 0 Å². The topological polar surface area (TPSA) is 21.3 Å². The quantitative estimate of drug-likeness (QED) is 0.843. The third kappa shape index (κ3) is 2.63. The predicted octanol–water partition coefficient (Wildman–Crippen LogP) is 3.21. The average molecular weight is 219 g/mol. The molecule has 1 N–H and O–H groups in total. The molecule has 0 bridgehead atoms. The normalized spacial score (nSPS) is 23.0. The maximum atomic E-state index is 5.31. The molecule has 1 aliphatic heterocycles. The third-order valence-electron chi connectivity index (χ3n) is 3.47. The molecule has 16 heavy (non-hydrogen) atoms. The molecule has 0 aromatic heterocycles. The van der Waals surface area contributed by atoms with Crippen LogP contribution in [0.2, 0.25) is 0 Å². The summed E-state index contributed by atoms with van der Waals surface area (Å²) in [4.78, 5) is 0. The zero-order valence-electron chi connectivity index (χ0n) is 10.2. The lowest BCUT2D eigenvalue weighted by Crippen LogP contribution is -2.26. The van der Waals surface area contributed by atoms with Crippen LogP contribution in [0.15, 0.2) is 24.3 Å². The van der Waals surface area contributed by atoms with Crippen molar-refractivity contribution in [3.63, 3.8) is 0 Å². The van der Waals surface area contributed by atoms with Gasteiger partial charge >= 0.3 is 0 Å². The Bertz CT molecular complexity index is 314. The zero-order chi connectivity index (χ0) is 11.4. The van der Waals surface area contributed by atoms with Crippen molar-refractivity contribution in [2.24, 2.45) is 0 Å². The summed E-state index contributed by atoms with van der Waals surface area (Å²) in [7, 11) is 1.75. The van der Waals surface area contributed by atoms with E-state index >= 15 is 0 Å². The summed E-state index contributed by atoms with van der Waals surface area (Å²) < 4.78 is 5.31. The van der Waals surface area contributed by atoms with Crippen molar-refractivity contribution in [1.29, 1.82) is 0 Å². The highest BCUT2D eigenvalue weighted by Crippen LogP contribution is 2.24. The van der Waals surface area contributed by atoms with Crippen molar-refractivity contribution in [1.82, 2.24) is 5.32 Å². The van der Waals surface area contributed by atoms with Crippen LogP contribution in [0, 0.1) is 0 Å². The summed E-state index contributed by atoms with van der Waals surface area (Å²) in [6.45, 7) is 3.23. The fraction of sp³-hybridized carbons (Fsp3) is 0.571. The molecule has 1 aromatic carbocycles. The van der Waals surface area contributed by atoms with Gasteiger partial charge in [0, 0.05) is 13.2 Å². The maximum absolute atomic E-state index is 5.31. The van der Waals surface area contributed by atoms with Crippen LogP contribution in [0.1, 0.15) is 49.5 Å². The fourth-order valence-electron chi connectivity index (χ4n) is 2.27. The molecular formula is C14H21NO. The number of methoxy groups -OCH3 is 1. The Labute approximate surface area is 98.0 Å². The van der Waals surface area contributed by atoms with Crippen LogP contribution in [-0.4, -0.2) is 13.7 Å². The van der Waals surface area contributed by atoms with Crippen LogP contribution in [0.3, 0.4) is 0 Å². The lowest BCUT2D eigenvalue weighted by Gasteiger charge is -2.24. The molecule has 2 atom stereocenters. The second kappa shape index (κ2) is 5.46. The molecule has 0 aliphatic carbocycles. The van der Waals surface area contributed by atoms with E-state index in [1.807, 2.05) is 0 Å². The van der Waals surface area contributed by atoms with Gasteiger partial charge in [-0.15, -0.1) is 0 Å². The molecular weight excluding hydrogens is 198 g/mol. The van der Waals surface area contributed by atoms with Crippen molar-refractivity contribution in [2.45, 2.75) is 38.3 Å². The molecule has 0 spiro atoms. The monoisotopic (exact) mass is 219 g/mol. The Morgan fingerprint density at radius 3 is 2.56 bits per heavy atom. The highest BCUT2D eigenvalue weighted by Gasteiger charge is 2.14. The van der Waals surface area contributed by atoms with Crippen molar-refractivity contribution >= 4 is 0 Å². The first kappa shape index (κ1) is 11.6. The first-order chi connectivity index (χ1) is 7.81. The molecule has 0 amide bonds. The first-order valence-electron chi connectivity index (χ1n) is 6.17. The zero-order valence-corrected chi connectivity index (χ0v) is 10.2. The number of benzene rings is 1. The third-order valence-corrected chi connectivity index (χ3v) is 3.47. The van der Waals surface area contributed by atoms with E-state index in [0.717, 1.165) is 6.54 Å². The largest absolute Gasteiger partial charge is 0.377 e. The molecule has 1 saturated heterocycles. The SMILES string of the molecule is COC(C)c1ccc(C2CCCCN2)cc1. The van der Waals surface area contributed by atoms with E-state index in [0.29, 0.717) is 6.04 Å². The van der Waals surface area contributed by atoms with Gasteiger partial charge in [0.1, 0.15) is 0 Å². The Morgan fingerprint density at radius 2 is 2.00 bits per heavy atom. The molecule has 0 radical (unpaired) electrons. The number of hydrogen-bond donors (Lipinski definition) is 1. The lowest BCUT2D eigenvalue weighted by molar-refractivity contribution is 0.119. The maximum Gasteiger partial charge on any atom is 0.0793 e. The average Bonchev–Trinajstić information content (AvgIpc) is 2.39. The van der Waals surface area contributed by atoms with Crippen LogP contribution in [0.4, 0.5) is 0 Å². The van der Waals surface area contributed by atoms with Crippen LogP contribution in [0.5, 0.6) is 0 Å². The number of nitrogens with one attached hydrogen (secondary N) is 1. The summed E-state index contributed by atoms with van der Waals surface area (Å²) in [5, 5.41) is 3.57. The Hall–Kier alpha value is -0.860. The van der Waals surface area contributed by atoms with E-state index in [4.69, 9.17) is 4.74 Å². The first-order valence-corrected chi connectivity index (χ1v) is 6.17. The second-order valence-electron chi connectivity index (χ2n) is 4.55. The molecule has 2 heteroatoms. The van der Waals surface area contributed by atoms with Gasteiger partial charge in [0.15, 0.2) is 0 Å². The minimum Gasteiger partial charge on any atom is -0.377 e. The number of ether oxygens (including phenoxy) is 1. The standard InChI is InChI=1S/C14H21NO/c1-11(16-2)12-6-8-13(9-7-12)14-5-3-4-10-15-14/h6-9,11,14-15H,3-5,10H2,1-2H3. The van der Waals surface area contributed by atoms with Gasteiger partial charge in [-0.05, 0) is 37.4 Å². The molecule has 0 saturated carbocycles. The van der Waals surface area contributed by atoms with E-state index in [9.17, 15) is 0 Å². The number of rotatable bonds is 3. The van der Waals surface area contributed by atoms with Crippen molar-refractivity contribution in [3.05, 3.63) is 35.4 Å². The Kier molecular flexibility index (Phi) is 3.97. The summed E-state index contributed by atoms with van der Waals surface area (Å²) in [5.41, 5.74) is 2.66. The summed E-state index contributed by atoms with van der Waals surface area (Å²) in [5.74, 6) is 0. The highest BCUT2D eigenvalue weighted by molar-refractivity contribution is 5.26. The van der Waals surface area contributed by atoms with Crippen molar-refractivity contribution in [2.75, 3.05) is 13.7 Å². The van der Waals surface area contributed by atoms with Crippen LogP contribution in [0.25, 0.3) is 0 Å². The molecule has 88 valence electrons. The summed E-state index contributed by atoms with van der Waals surface area (Å²) in [6, 6.07) is 9.38. The lowest BCUT2D eigenvalue weighted by atomic mass is 9.96. The van der Waals surface area contributed by atoms with Crippen molar-refractivity contribution < 1.29 is 4.74 Å². The summed E-state index contributed by atoms with van der Waals surface area (Å²) >= 11 is 0. The highest BCUT2D eigenvalue weighted by atomic mass is 16.5. The Balaban J connectivity index is 2.06. The molecule has 1 heterocycles. The molecule has 2 unspecified atom stereocenters. The van der Waals surface area contributed by atoms with Gasteiger partial charge in [-0.25, -0.2) is 0 Å². The minimum absolute atomic E-state index is 0.188. The van der Waals surface area contributed by atoms with Crippen LogP contribution >= 0.6 is 0 Å². The Morgan fingerprint density at radius 1 is 1.25 bits per heavy atom. The number of hydrogen-bond acceptors (Lipinski definition) is 2. The minimum atomic E-state index is 0.188. The van der Waals surface area contributed by atoms with Gasteiger partial charge in [0.25, 0.3) is 0 Å². The van der Waals surface area contributed by atoms with Crippen LogP contribution < -0.4 is 5.32 Å². The molecule has 1 fully saturated rings. The fourth-order valence-corrected chi connectivity index (χ4v) is 2.27. The molecule has 1 aromatic rings. The van der Waals surface area contributed by atoms with Gasteiger partial charge in [-0.1, -0.05) is 30.7 Å². The van der Waals surface area contributed by atoms with Crippen LogP contribution in [-0.2, 0) is 4.74 Å². The smallest absolute Gasteiger partial charge is 0.0793 e. The number of piperidine rings is 1. The molecule has 2 nitrogen and oxygen atoms in total. The van der Waals surface area contributed by atoms with E-state index in [-0.39, 0.29) is 6.10 Å². The van der Waals surface area contributed by atoms with E-state index in [1.54, 1.807) is 7.11 Å². The summed E-state index contributed by atoms with van der Waals surface area (Å²) in [6.07, 6.45) is 4.11.